The molecule has 4 rings (SSSR count). The van der Waals surface area contributed by atoms with Crippen molar-refractivity contribution in [3.63, 3.8) is 0 Å². The second kappa shape index (κ2) is 9.11. The monoisotopic (exact) mass is 408 g/mol. The lowest BCUT2D eigenvalue weighted by atomic mass is 10.1. The molecule has 6 heteroatoms. The van der Waals surface area contributed by atoms with E-state index in [1.807, 2.05) is 0 Å². The van der Waals surface area contributed by atoms with Crippen LogP contribution in [0.2, 0.25) is 0 Å². The van der Waals surface area contributed by atoms with Crippen LogP contribution in [0.3, 0.4) is 0 Å². The molecule has 156 valence electrons. The number of amides is 2. The van der Waals surface area contributed by atoms with E-state index in [9.17, 15) is 14.0 Å². The van der Waals surface area contributed by atoms with E-state index in [1.165, 1.54) is 36.0 Å². The average molecular weight is 408 g/mol. The molecule has 0 unspecified atom stereocenters. The molecule has 2 aromatic carbocycles. The third-order valence-corrected chi connectivity index (χ3v) is 5.50. The van der Waals surface area contributed by atoms with Crippen molar-refractivity contribution in [1.82, 2.24) is 5.32 Å². The van der Waals surface area contributed by atoms with Gasteiger partial charge >= 0.3 is 0 Å². The van der Waals surface area contributed by atoms with Crippen LogP contribution in [0.4, 0.5) is 10.1 Å². The van der Waals surface area contributed by atoms with Crippen molar-refractivity contribution in [2.24, 2.45) is 0 Å². The van der Waals surface area contributed by atoms with Gasteiger partial charge in [-0.25, -0.2) is 4.39 Å². The Hall–Kier alpha value is -3.15. The summed E-state index contributed by atoms with van der Waals surface area (Å²) in [6.45, 7) is -0.0871. The number of nitrogens with one attached hydrogen (secondary N) is 1. The lowest BCUT2D eigenvalue weighted by molar-refractivity contribution is -0.124. The number of fused-ring (bicyclic) bond motifs is 1. The first-order valence-electron chi connectivity index (χ1n) is 10.5. The summed E-state index contributed by atoms with van der Waals surface area (Å²) in [5, 5.41) is 3.09. The van der Waals surface area contributed by atoms with Crippen LogP contribution in [0.5, 0.6) is 5.75 Å². The third-order valence-electron chi connectivity index (χ3n) is 5.50. The van der Waals surface area contributed by atoms with Crippen molar-refractivity contribution in [3.05, 3.63) is 65.7 Å². The summed E-state index contributed by atoms with van der Waals surface area (Å²) in [5.41, 5.74) is 1.07. The van der Waals surface area contributed by atoms with Gasteiger partial charge in [0.2, 0.25) is 5.91 Å². The fraction of sp³-hybridized carbons (Fsp3) is 0.333. The van der Waals surface area contributed by atoms with Gasteiger partial charge in [-0.1, -0.05) is 49.9 Å². The zero-order chi connectivity index (χ0) is 20.9. The summed E-state index contributed by atoms with van der Waals surface area (Å²) >= 11 is 0. The largest absolute Gasteiger partial charge is 0.449 e. The number of nitrogens with zero attached hydrogens (tertiary/aromatic N) is 1. The molecule has 2 aliphatic rings. The lowest BCUT2D eigenvalue weighted by Gasteiger charge is -2.30. The molecule has 0 bridgehead atoms. The van der Waals surface area contributed by atoms with E-state index in [-0.39, 0.29) is 24.3 Å². The Morgan fingerprint density at radius 3 is 2.63 bits per heavy atom. The Morgan fingerprint density at radius 1 is 1.10 bits per heavy atom. The van der Waals surface area contributed by atoms with Crippen molar-refractivity contribution < 1.29 is 18.7 Å². The molecule has 0 radical (unpaired) electrons. The maximum atomic E-state index is 13.5. The van der Waals surface area contributed by atoms with Crippen molar-refractivity contribution >= 4 is 23.6 Å². The number of ether oxygens (including phenoxy) is 1. The molecule has 0 spiro atoms. The highest BCUT2D eigenvalue weighted by molar-refractivity contribution is 6.12. The quantitative estimate of drug-likeness (QED) is 0.601. The highest BCUT2D eigenvalue weighted by atomic mass is 19.1. The number of halogens is 1. The number of para-hydroxylation sites is 2. The molecule has 5 nitrogen and oxygen atoms in total. The normalized spacial score (nSPS) is 18.5. The van der Waals surface area contributed by atoms with Gasteiger partial charge in [-0.3, -0.25) is 14.5 Å². The topological polar surface area (TPSA) is 58.6 Å². The van der Waals surface area contributed by atoms with Crippen LogP contribution in [-0.4, -0.2) is 24.4 Å². The Morgan fingerprint density at radius 2 is 1.87 bits per heavy atom. The van der Waals surface area contributed by atoms with Gasteiger partial charge in [0.1, 0.15) is 12.4 Å². The summed E-state index contributed by atoms with van der Waals surface area (Å²) in [6.07, 6.45) is 8.09. The summed E-state index contributed by atoms with van der Waals surface area (Å²) in [7, 11) is 0. The van der Waals surface area contributed by atoms with Gasteiger partial charge in [0.25, 0.3) is 5.91 Å². The summed E-state index contributed by atoms with van der Waals surface area (Å²) in [5.74, 6) is -0.456. The first kappa shape index (κ1) is 20.1. The van der Waals surface area contributed by atoms with Gasteiger partial charge in [-0.05, 0) is 48.7 Å². The molecule has 1 heterocycles. The number of rotatable bonds is 4. The first-order chi connectivity index (χ1) is 14.6. The number of benzene rings is 2. The molecule has 0 atom stereocenters. The minimum atomic E-state index is -0.422. The molecule has 2 amide bonds. The maximum Gasteiger partial charge on any atom is 0.294 e. The number of hydrogen-bond acceptors (Lipinski definition) is 3. The molecule has 0 aromatic heterocycles. The molecule has 1 aliphatic carbocycles. The van der Waals surface area contributed by atoms with Gasteiger partial charge in [-0.15, -0.1) is 0 Å². The van der Waals surface area contributed by atoms with Crippen molar-refractivity contribution in [2.75, 3.05) is 11.4 Å². The van der Waals surface area contributed by atoms with Crippen LogP contribution in [-0.2, 0) is 9.59 Å². The molecule has 1 aliphatic heterocycles. The van der Waals surface area contributed by atoms with E-state index in [4.69, 9.17) is 4.74 Å². The molecular weight excluding hydrogens is 383 g/mol. The zero-order valence-electron chi connectivity index (χ0n) is 16.8. The molecule has 1 N–H and O–H groups in total. The van der Waals surface area contributed by atoms with Crippen LogP contribution in [0.1, 0.15) is 44.1 Å². The van der Waals surface area contributed by atoms with Crippen molar-refractivity contribution in [3.8, 4) is 5.75 Å². The van der Waals surface area contributed by atoms with Crippen LogP contribution < -0.4 is 15.0 Å². The Labute approximate surface area is 175 Å². The second-order valence-electron chi connectivity index (χ2n) is 7.78. The van der Waals surface area contributed by atoms with Crippen molar-refractivity contribution in [2.45, 2.75) is 44.6 Å². The van der Waals surface area contributed by atoms with Gasteiger partial charge in [0, 0.05) is 6.04 Å². The summed E-state index contributed by atoms with van der Waals surface area (Å²) in [6, 6.07) is 13.2. The minimum Gasteiger partial charge on any atom is -0.449 e. The number of hydrogen-bond donors (Lipinski definition) is 1. The number of carbonyl (C=O) groups excluding carboxylic acids is 2. The molecular formula is C24H25FN2O3. The first-order valence-corrected chi connectivity index (χ1v) is 10.5. The Balaban J connectivity index is 1.56. The van der Waals surface area contributed by atoms with Crippen LogP contribution in [0.15, 0.2) is 54.3 Å². The molecule has 30 heavy (non-hydrogen) atoms. The predicted octanol–water partition coefficient (Wildman–Crippen LogP) is 4.43. The van der Waals surface area contributed by atoms with Crippen LogP contribution >= 0.6 is 0 Å². The number of carbonyl (C=O) groups is 2. The summed E-state index contributed by atoms with van der Waals surface area (Å²) in [4.78, 5) is 27.3. The van der Waals surface area contributed by atoms with Gasteiger partial charge in [0.05, 0.1) is 5.69 Å². The van der Waals surface area contributed by atoms with E-state index in [1.54, 1.807) is 36.4 Å². The summed E-state index contributed by atoms with van der Waals surface area (Å²) < 4.78 is 19.3. The highest BCUT2D eigenvalue weighted by Gasteiger charge is 2.32. The zero-order valence-corrected chi connectivity index (χ0v) is 16.8. The number of anilines is 1. The molecule has 1 saturated carbocycles. The SMILES string of the molecule is O=C(CN1C(=O)C(=Cc2cccc(F)c2)Oc2ccccc21)NC1CCCCCC1. The fourth-order valence-corrected chi connectivity index (χ4v) is 4.01. The van der Waals surface area contributed by atoms with E-state index in [2.05, 4.69) is 5.32 Å². The highest BCUT2D eigenvalue weighted by Crippen LogP contribution is 2.35. The smallest absolute Gasteiger partial charge is 0.294 e. The molecule has 2 aromatic rings. The second-order valence-corrected chi connectivity index (χ2v) is 7.78. The fourth-order valence-electron chi connectivity index (χ4n) is 4.01. The average Bonchev–Trinajstić information content (AvgIpc) is 3.00. The van der Waals surface area contributed by atoms with Gasteiger partial charge in [-0.2, -0.15) is 0 Å². The Kier molecular flexibility index (Phi) is 6.12. The lowest BCUT2D eigenvalue weighted by Crippen LogP contribution is -2.46. The van der Waals surface area contributed by atoms with Gasteiger partial charge in [0.15, 0.2) is 11.5 Å². The maximum absolute atomic E-state index is 13.5. The van der Waals surface area contributed by atoms with E-state index < -0.39 is 11.7 Å². The van der Waals surface area contributed by atoms with E-state index in [0.29, 0.717) is 17.0 Å². The van der Waals surface area contributed by atoms with Crippen LogP contribution in [0.25, 0.3) is 6.08 Å². The van der Waals surface area contributed by atoms with Crippen molar-refractivity contribution in [1.29, 1.82) is 0 Å². The Bertz CT molecular complexity index is 964. The van der Waals surface area contributed by atoms with E-state index >= 15 is 0 Å². The molecule has 0 saturated heterocycles. The third kappa shape index (κ3) is 4.70. The minimum absolute atomic E-state index is 0.0570. The standard InChI is InChI=1S/C24H25FN2O3/c25-18-9-7-8-17(14-18)15-22-24(29)27(20-12-5-6-13-21(20)30-22)16-23(28)26-19-10-3-1-2-4-11-19/h5-9,12-15,19H,1-4,10-11,16H2,(H,26,28). The molecule has 1 fully saturated rings. The van der Waals surface area contributed by atoms with Gasteiger partial charge < -0.3 is 10.1 Å². The van der Waals surface area contributed by atoms with E-state index in [0.717, 1.165) is 25.7 Å². The predicted molar refractivity (Wildman–Crippen MR) is 113 cm³/mol. The van der Waals surface area contributed by atoms with Crippen LogP contribution in [0, 0.1) is 5.82 Å².